The molecular weight excluding hydrogens is 713 g/mol. The van der Waals surface area contributed by atoms with Crippen molar-refractivity contribution in [1.29, 1.82) is 0 Å². The van der Waals surface area contributed by atoms with Gasteiger partial charge in [0, 0.05) is 42.7 Å². The molecule has 1 heterocycles. The maximum absolute atomic E-state index is 5.10. The molecule has 0 spiro atoms. The van der Waals surface area contributed by atoms with Crippen LogP contribution in [0.25, 0.3) is 53.6 Å². The number of hydrogen-bond acceptors (Lipinski definition) is 4. The predicted octanol–water partition coefficient (Wildman–Crippen LogP) is 13.3. The van der Waals surface area contributed by atoms with Crippen LogP contribution >= 0.6 is 11.3 Å². The van der Waals surface area contributed by atoms with Gasteiger partial charge in [-0.15, -0.1) is 11.3 Å². The molecule has 9 aromatic rings. The maximum atomic E-state index is 5.10. The van der Waals surface area contributed by atoms with Crippen LogP contribution in [-0.2, 0) is 6.54 Å². The molecule has 1 unspecified atom stereocenters. The van der Waals surface area contributed by atoms with E-state index < -0.39 is 0 Å². The number of aliphatic imine (C=N–C) groups is 1. The van der Waals surface area contributed by atoms with E-state index in [4.69, 9.17) is 4.99 Å². The summed E-state index contributed by atoms with van der Waals surface area (Å²) in [6.45, 7) is 0.540. The number of rotatable bonds is 11. The van der Waals surface area contributed by atoms with E-state index in [9.17, 15) is 0 Å². The highest BCUT2D eigenvalue weighted by Crippen LogP contribution is 2.42. The Bertz CT molecular complexity index is 2790. The Morgan fingerprint density at radius 2 is 1.19 bits per heavy atom. The Morgan fingerprint density at radius 3 is 1.98 bits per heavy atom. The molecule has 0 saturated carbocycles. The highest BCUT2D eigenvalue weighted by molar-refractivity contribution is 7.26. The maximum Gasteiger partial charge on any atom is 0.130 e. The molecule has 0 aliphatic carbocycles. The SMILES string of the molecule is CNC(N/C(=N\Cc1ccc(Nc2ccc(-c3cccc4c3sc3ccccc34)cc2-c2cccc(-c3ccccc3)c2)cc1)c1ccccc1)c1ccccc1. The van der Waals surface area contributed by atoms with Gasteiger partial charge < -0.3 is 10.6 Å². The summed E-state index contributed by atoms with van der Waals surface area (Å²) in [4.78, 5) is 5.10. The fourth-order valence-electron chi connectivity index (χ4n) is 7.47. The first-order valence-corrected chi connectivity index (χ1v) is 20.2. The average Bonchev–Trinajstić information content (AvgIpc) is 3.67. The van der Waals surface area contributed by atoms with Gasteiger partial charge in [0.05, 0.1) is 6.54 Å². The van der Waals surface area contributed by atoms with Crippen molar-refractivity contribution in [1.82, 2.24) is 10.6 Å². The fraction of sp³-hybridized carbons (Fsp3) is 0.0577. The predicted molar refractivity (Wildman–Crippen MR) is 243 cm³/mol. The first kappa shape index (κ1) is 35.9. The van der Waals surface area contributed by atoms with Gasteiger partial charge in [-0.1, -0.05) is 164 Å². The third kappa shape index (κ3) is 7.85. The van der Waals surface area contributed by atoms with Crippen LogP contribution in [-0.4, -0.2) is 12.9 Å². The molecule has 8 aromatic carbocycles. The van der Waals surface area contributed by atoms with E-state index in [1.165, 1.54) is 42.4 Å². The summed E-state index contributed by atoms with van der Waals surface area (Å²) in [5, 5.41) is 13.4. The fourth-order valence-corrected chi connectivity index (χ4v) is 8.71. The quantitative estimate of drug-likeness (QED) is 0.0700. The van der Waals surface area contributed by atoms with E-state index in [-0.39, 0.29) is 6.17 Å². The zero-order chi connectivity index (χ0) is 38.4. The normalized spacial score (nSPS) is 12.1. The number of nitrogens with zero attached hydrogens (tertiary/aromatic N) is 1. The van der Waals surface area contributed by atoms with Gasteiger partial charge in [0.1, 0.15) is 12.0 Å². The molecule has 1 aromatic heterocycles. The van der Waals surface area contributed by atoms with E-state index in [1.807, 2.05) is 42.6 Å². The molecule has 0 amide bonds. The van der Waals surface area contributed by atoms with Crippen LogP contribution in [0, 0.1) is 0 Å². The standard InChI is InChI=1S/C52H42N4S/c1-53-51(38-17-7-3-8-18-38)56-52(39-19-9-4-10-20-39)54-35-36-27-30-43(31-28-36)55-48-32-29-42(44-24-14-25-46-45-23-11-12-26-49(45)57-50(44)46)34-47(48)41-22-13-21-40(33-41)37-15-5-2-6-16-37/h2-34,51,53,55H,35H2,1H3,(H,54,56). The molecule has 57 heavy (non-hydrogen) atoms. The zero-order valence-electron chi connectivity index (χ0n) is 31.7. The molecule has 0 saturated heterocycles. The molecule has 0 fully saturated rings. The van der Waals surface area contributed by atoms with Crippen molar-refractivity contribution in [3.63, 3.8) is 0 Å². The summed E-state index contributed by atoms with van der Waals surface area (Å²) < 4.78 is 2.62. The molecular formula is C52H42N4S. The van der Waals surface area contributed by atoms with Crippen molar-refractivity contribution in [2.24, 2.45) is 4.99 Å². The second-order valence-electron chi connectivity index (χ2n) is 14.1. The first-order valence-electron chi connectivity index (χ1n) is 19.4. The number of fused-ring (bicyclic) bond motifs is 3. The first-order chi connectivity index (χ1) is 28.2. The summed E-state index contributed by atoms with van der Waals surface area (Å²) in [5.41, 5.74) is 12.5. The second kappa shape index (κ2) is 16.5. The van der Waals surface area contributed by atoms with Gasteiger partial charge in [0.15, 0.2) is 0 Å². The third-order valence-corrected chi connectivity index (χ3v) is 11.6. The Labute approximate surface area is 338 Å². The molecule has 3 N–H and O–H groups in total. The molecule has 0 aliphatic rings. The van der Waals surface area contributed by atoms with Crippen LogP contribution in [0.15, 0.2) is 205 Å². The van der Waals surface area contributed by atoms with Crippen LogP contribution in [0.2, 0.25) is 0 Å². The lowest BCUT2D eigenvalue weighted by Gasteiger charge is -2.21. The van der Waals surface area contributed by atoms with E-state index in [2.05, 4.69) is 192 Å². The number of amidine groups is 1. The van der Waals surface area contributed by atoms with E-state index >= 15 is 0 Å². The highest BCUT2D eigenvalue weighted by atomic mass is 32.1. The minimum atomic E-state index is -0.0800. The lowest BCUT2D eigenvalue weighted by atomic mass is 9.94. The molecule has 5 heteroatoms. The van der Waals surface area contributed by atoms with Crippen LogP contribution in [0.5, 0.6) is 0 Å². The summed E-state index contributed by atoms with van der Waals surface area (Å²) in [6.07, 6.45) is -0.0800. The van der Waals surface area contributed by atoms with Crippen molar-refractivity contribution in [2.75, 3.05) is 12.4 Å². The molecule has 0 aliphatic heterocycles. The smallest absolute Gasteiger partial charge is 0.130 e. The third-order valence-electron chi connectivity index (χ3n) is 10.4. The number of anilines is 2. The topological polar surface area (TPSA) is 48.5 Å². The highest BCUT2D eigenvalue weighted by Gasteiger charge is 2.15. The van der Waals surface area contributed by atoms with Gasteiger partial charge in [-0.05, 0) is 82.4 Å². The average molecular weight is 755 g/mol. The van der Waals surface area contributed by atoms with Gasteiger partial charge >= 0.3 is 0 Å². The monoisotopic (exact) mass is 754 g/mol. The van der Waals surface area contributed by atoms with Crippen LogP contribution in [0.1, 0.15) is 22.9 Å². The van der Waals surface area contributed by atoms with E-state index in [1.54, 1.807) is 0 Å². The van der Waals surface area contributed by atoms with Crippen LogP contribution in [0.4, 0.5) is 11.4 Å². The van der Waals surface area contributed by atoms with Crippen molar-refractivity contribution in [2.45, 2.75) is 12.7 Å². The van der Waals surface area contributed by atoms with Crippen LogP contribution < -0.4 is 16.0 Å². The zero-order valence-corrected chi connectivity index (χ0v) is 32.5. The summed E-state index contributed by atoms with van der Waals surface area (Å²) in [6, 6.07) is 71.0. The van der Waals surface area contributed by atoms with Gasteiger partial charge in [0.25, 0.3) is 0 Å². The molecule has 1 atom stereocenters. The van der Waals surface area contributed by atoms with E-state index in [0.29, 0.717) is 6.54 Å². The van der Waals surface area contributed by atoms with Gasteiger partial charge in [-0.2, -0.15) is 0 Å². The second-order valence-corrected chi connectivity index (χ2v) is 15.2. The molecule has 0 bridgehead atoms. The summed E-state index contributed by atoms with van der Waals surface area (Å²) in [7, 11) is 1.96. The van der Waals surface area contributed by atoms with Gasteiger partial charge in [-0.3, -0.25) is 10.3 Å². The summed E-state index contributed by atoms with van der Waals surface area (Å²) in [5.74, 6) is 0.842. The Balaban J connectivity index is 1.04. The molecule has 276 valence electrons. The Morgan fingerprint density at radius 1 is 0.544 bits per heavy atom. The van der Waals surface area contributed by atoms with Crippen LogP contribution in [0.3, 0.4) is 0 Å². The van der Waals surface area contributed by atoms with E-state index in [0.717, 1.165) is 45.0 Å². The number of benzene rings is 8. The number of thiophene rings is 1. The lowest BCUT2D eigenvalue weighted by molar-refractivity contribution is 0.559. The largest absolute Gasteiger partial charge is 0.355 e. The number of nitrogens with one attached hydrogen (secondary N) is 3. The van der Waals surface area contributed by atoms with Crippen molar-refractivity contribution < 1.29 is 0 Å². The number of hydrogen-bond donors (Lipinski definition) is 3. The lowest BCUT2D eigenvalue weighted by Crippen LogP contribution is -2.37. The molecule has 9 rings (SSSR count). The minimum absolute atomic E-state index is 0.0800. The van der Waals surface area contributed by atoms with Gasteiger partial charge in [0.2, 0.25) is 0 Å². The van der Waals surface area contributed by atoms with Crippen molar-refractivity contribution in [3.8, 4) is 33.4 Å². The Hall–Kier alpha value is -6.79. The minimum Gasteiger partial charge on any atom is -0.355 e. The molecule has 4 nitrogen and oxygen atoms in total. The van der Waals surface area contributed by atoms with Crippen molar-refractivity contribution in [3.05, 3.63) is 217 Å². The Kier molecular flexibility index (Phi) is 10.4. The molecule has 0 radical (unpaired) electrons. The van der Waals surface area contributed by atoms with Crippen molar-refractivity contribution >= 4 is 48.7 Å². The summed E-state index contributed by atoms with van der Waals surface area (Å²) >= 11 is 1.87. The van der Waals surface area contributed by atoms with Gasteiger partial charge in [-0.25, -0.2) is 0 Å².